The van der Waals surface area contributed by atoms with Crippen molar-refractivity contribution < 1.29 is 10.1 Å². The third kappa shape index (κ3) is 1.94. The highest BCUT2D eigenvalue weighted by Gasteiger charge is 2.28. The Morgan fingerprint density at radius 1 is 0.833 bits per heavy atom. The van der Waals surface area contributed by atoms with Crippen LogP contribution in [-0.2, 0) is 4.89 Å². The number of hydrogen-bond acceptors (Lipinski definition) is 2. The fourth-order valence-electron chi connectivity index (χ4n) is 2.89. The quantitative estimate of drug-likeness (QED) is 0.631. The highest BCUT2D eigenvalue weighted by Crippen LogP contribution is 2.42. The van der Waals surface area contributed by atoms with E-state index in [0.717, 1.165) is 18.4 Å². The average Bonchev–Trinajstić information content (AvgIpc) is 2.47. The van der Waals surface area contributed by atoms with Gasteiger partial charge in [-0.25, -0.2) is 4.89 Å². The lowest BCUT2D eigenvalue weighted by atomic mass is 9.78. The minimum absolute atomic E-state index is 0.179. The van der Waals surface area contributed by atoms with Gasteiger partial charge in [-0.1, -0.05) is 54.6 Å². The second kappa shape index (κ2) is 4.92. The zero-order chi connectivity index (χ0) is 12.4. The van der Waals surface area contributed by atoms with Crippen molar-refractivity contribution in [2.75, 3.05) is 0 Å². The second-order valence-electron chi connectivity index (χ2n) is 4.76. The van der Waals surface area contributed by atoms with Gasteiger partial charge in [0.05, 0.1) is 0 Å². The third-order valence-electron chi connectivity index (χ3n) is 3.77. The molecule has 0 spiro atoms. The molecular formula is C16H16O2. The van der Waals surface area contributed by atoms with E-state index >= 15 is 0 Å². The molecule has 3 rings (SSSR count). The number of hydrogen-bond donors (Lipinski definition) is 1. The predicted octanol–water partition coefficient (Wildman–Crippen LogP) is 4.14. The van der Waals surface area contributed by atoms with Crippen molar-refractivity contribution in [1.29, 1.82) is 0 Å². The average molecular weight is 240 g/mol. The molecule has 0 bridgehead atoms. The van der Waals surface area contributed by atoms with Crippen LogP contribution in [0.1, 0.15) is 41.6 Å². The van der Waals surface area contributed by atoms with Crippen LogP contribution in [0.15, 0.2) is 54.6 Å². The van der Waals surface area contributed by atoms with E-state index in [9.17, 15) is 0 Å². The predicted molar refractivity (Wildman–Crippen MR) is 70.4 cm³/mol. The molecule has 2 unspecified atom stereocenters. The van der Waals surface area contributed by atoms with Gasteiger partial charge in [0.2, 0.25) is 0 Å². The van der Waals surface area contributed by atoms with E-state index in [1.165, 1.54) is 11.1 Å². The van der Waals surface area contributed by atoms with Crippen molar-refractivity contribution in [3.8, 4) is 0 Å². The standard InChI is InChI=1S/C16H16O2/c17-18-16-11-10-13(12-6-2-1-3-7-12)14-8-4-5-9-15(14)16/h1-9,13,16-17H,10-11H2. The molecule has 0 heterocycles. The lowest BCUT2D eigenvalue weighted by molar-refractivity contribution is -0.284. The van der Waals surface area contributed by atoms with Crippen LogP contribution in [0.2, 0.25) is 0 Å². The Morgan fingerprint density at radius 3 is 2.22 bits per heavy atom. The van der Waals surface area contributed by atoms with Gasteiger partial charge in [0, 0.05) is 5.92 Å². The smallest absolute Gasteiger partial charge is 0.118 e. The van der Waals surface area contributed by atoms with Gasteiger partial charge in [-0.3, -0.25) is 5.26 Å². The molecule has 0 amide bonds. The van der Waals surface area contributed by atoms with Gasteiger partial charge in [0.1, 0.15) is 6.10 Å². The monoisotopic (exact) mass is 240 g/mol. The summed E-state index contributed by atoms with van der Waals surface area (Å²) < 4.78 is 0. The van der Waals surface area contributed by atoms with Gasteiger partial charge in [0.25, 0.3) is 0 Å². The normalized spacial score (nSPS) is 22.5. The summed E-state index contributed by atoms with van der Waals surface area (Å²) in [6, 6.07) is 18.8. The molecule has 2 heteroatoms. The lowest BCUT2D eigenvalue weighted by Crippen LogP contribution is -2.16. The van der Waals surface area contributed by atoms with Crippen molar-refractivity contribution in [3.63, 3.8) is 0 Å². The molecule has 0 aromatic heterocycles. The molecule has 0 radical (unpaired) electrons. The third-order valence-corrected chi connectivity index (χ3v) is 3.77. The molecule has 1 N–H and O–H groups in total. The van der Waals surface area contributed by atoms with Gasteiger partial charge in [-0.2, -0.15) is 0 Å². The van der Waals surface area contributed by atoms with E-state index in [0.29, 0.717) is 5.92 Å². The van der Waals surface area contributed by atoms with Crippen molar-refractivity contribution >= 4 is 0 Å². The summed E-state index contributed by atoms with van der Waals surface area (Å²) in [4.78, 5) is 4.60. The number of fused-ring (bicyclic) bond motifs is 1. The molecule has 1 aliphatic carbocycles. The molecule has 2 aromatic rings. The summed E-state index contributed by atoms with van der Waals surface area (Å²) in [5.41, 5.74) is 3.72. The van der Waals surface area contributed by atoms with Crippen molar-refractivity contribution in [1.82, 2.24) is 0 Å². The summed E-state index contributed by atoms with van der Waals surface area (Å²) in [5, 5.41) is 8.99. The first-order chi connectivity index (χ1) is 8.90. The van der Waals surface area contributed by atoms with Gasteiger partial charge in [-0.15, -0.1) is 0 Å². The fraction of sp³-hybridized carbons (Fsp3) is 0.250. The van der Waals surface area contributed by atoms with Gasteiger partial charge in [-0.05, 0) is 29.5 Å². The van der Waals surface area contributed by atoms with Gasteiger partial charge < -0.3 is 0 Å². The van der Waals surface area contributed by atoms with Crippen molar-refractivity contribution in [2.45, 2.75) is 24.9 Å². The number of rotatable bonds is 2. The molecule has 0 aliphatic heterocycles. The van der Waals surface area contributed by atoms with Crippen LogP contribution in [0, 0.1) is 0 Å². The molecule has 2 aromatic carbocycles. The molecule has 18 heavy (non-hydrogen) atoms. The van der Waals surface area contributed by atoms with Crippen LogP contribution in [0.3, 0.4) is 0 Å². The Labute approximate surface area is 107 Å². The van der Waals surface area contributed by atoms with E-state index in [2.05, 4.69) is 41.3 Å². The SMILES string of the molecule is OOC1CCC(c2ccccc2)c2ccccc21. The van der Waals surface area contributed by atoms with E-state index in [1.807, 2.05) is 18.2 Å². The maximum absolute atomic E-state index is 8.99. The van der Waals surface area contributed by atoms with Crippen LogP contribution < -0.4 is 0 Å². The maximum Gasteiger partial charge on any atom is 0.118 e. The lowest BCUT2D eigenvalue weighted by Gasteiger charge is -2.30. The fourth-order valence-corrected chi connectivity index (χ4v) is 2.89. The summed E-state index contributed by atoms with van der Waals surface area (Å²) in [6.07, 6.45) is 1.68. The molecule has 0 saturated carbocycles. The van der Waals surface area contributed by atoms with E-state index in [-0.39, 0.29) is 6.10 Å². The molecule has 2 nitrogen and oxygen atoms in total. The Kier molecular flexibility index (Phi) is 3.13. The highest BCUT2D eigenvalue weighted by molar-refractivity contribution is 5.41. The Bertz CT molecular complexity index is 522. The molecular weight excluding hydrogens is 224 g/mol. The first-order valence-corrected chi connectivity index (χ1v) is 6.34. The van der Waals surface area contributed by atoms with Crippen molar-refractivity contribution in [2.24, 2.45) is 0 Å². The second-order valence-corrected chi connectivity index (χ2v) is 4.76. The van der Waals surface area contributed by atoms with Crippen molar-refractivity contribution in [3.05, 3.63) is 71.3 Å². The first-order valence-electron chi connectivity index (χ1n) is 6.34. The Balaban J connectivity index is 2.04. The first kappa shape index (κ1) is 11.5. The summed E-state index contributed by atoms with van der Waals surface area (Å²) in [6.45, 7) is 0. The zero-order valence-corrected chi connectivity index (χ0v) is 10.1. The van der Waals surface area contributed by atoms with Crippen LogP contribution in [0.4, 0.5) is 0 Å². The molecule has 0 fully saturated rings. The molecule has 2 atom stereocenters. The highest BCUT2D eigenvalue weighted by atomic mass is 17.1. The minimum atomic E-state index is -0.179. The van der Waals surface area contributed by atoms with E-state index in [1.54, 1.807) is 0 Å². The molecule has 1 aliphatic rings. The zero-order valence-electron chi connectivity index (χ0n) is 10.1. The Hall–Kier alpha value is -1.64. The van der Waals surface area contributed by atoms with Gasteiger partial charge >= 0.3 is 0 Å². The Morgan fingerprint density at radius 2 is 1.50 bits per heavy atom. The molecule has 92 valence electrons. The van der Waals surface area contributed by atoms with Crippen LogP contribution in [0.5, 0.6) is 0 Å². The summed E-state index contributed by atoms with van der Waals surface area (Å²) in [7, 11) is 0. The largest absolute Gasteiger partial charge is 0.251 e. The van der Waals surface area contributed by atoms with E-state index in [4.69, 9.17) is 5.26 Å². The van der Waals surface area contributed by atoms with Crippen LogP contribution >= 0.6 is 0 Å². The van der Waals surface area contributed by atoms with Crippen LogP contribution in [-0.4, -0.2) is 5.26 Å². The van der Waals surface area contributed by atoms with Crippen LogP contribution in [0.25, 0.3) is 0 Å². The van der Waals surface area contributed by atoms with Gasteiger partial charge in [0.15, 0.2) is 0 Å². The summed E-state index contributed by atoms with van der Waals surface area (Å²) in [5.74, 6) is 0.411. The number of benzene rings is 2. The summed E-state index contributed by atoms with van der Waals surface area (Å²) >= 11 is 0. The van der Waals surface area contributed by atoms with E-state index < -0.39 is 0 Å². The molecule has 0 saturated heterocycles. The maximum atomic E-state index is 8.99. The topological polar surface area (TPSA) is 29.5 Å². The minimum Gasteiger partial charge on any atom is -0.251 e.